The summed E-state index contributed by atoms with van der Waals surface area (Å²) in [5.74, 6) is 0.102. The fourth-order valence-electron chi connectivity index (χ4n) is 5.22. The normalized spacial score (nSPS) is 14.1. The van der Waals surface area contributed by atoms with Crippen molar-refractivity contribution in [1.82, 2.24) is 19.6 Å². The molecule has 37 heavy (non-hydrogen) atoms. The molecule has 0 saturated carbocycles. The first-order valence-electron chi connectivity index (χ1n) is 13.2. The van der Waals surface area contributed by atoms with E-state index in [1.54, 1.807) is 11.3 Å². The number of thiophene rings is 1. The number of nitrogens with one attached hydrogen (secondary N) is 1. The predicted octanol–water partition coefficient (Wildman–Crippen LogP) is 6.34. The third-order valence-electron chi connectivity index (χ3n) is 7.29. The van der Waals surface area contributed by atoms with Crippen LogP contribution >= 0.6 is 11.3 Å². The Morgan fingerprint density at radius 2 is 1.78 bits per heavy atom. The van der Waals surface area contributed by atoms with Crippen LogP contribution in [0.15, 0.2) is 72.9 Å². The Bertz CT molecular complexity index is 1510. The van der Waals surface area contributed by atoms with Gasteiger partial charge in [0.15, 0.2) is 0 Å². The Labute approximate surface area is 221 Å². The molecule has 1 fully saturated rings. The minimum atomic E-state index is 0.102. The molecule has 0 bridgehead atoms. The Balaban J connectivity index is 1.29. The van der Waals surface area contributed by atoms with Crippen LogP contribution < -0.4 is 5.32 Å². The van der Waals surface area contributed by atoms with Gasteiger partial charge in [-0.3, -0.25) is 4.79 Å². The molecule has 1 aliphatic rings. The van der Waals surface area contributed by atoms with Gasteiger partial charge in [0.2, 0.25) is 5.91 Å². The zero-order valence-corrected chi connectivity index (χ0v) is 22.1. The average Bonchev–Trinajstić information content (AvgIpc) is 3.66. The summed E-state index contributed by atoms with van der Waals surface area (Å²) in [5, 5.41) is 4.39. The molecule has 1 amide bonds. The smallest absolute Gasteiger partial charge is 0.220 e. The zero-order valence-electron chi connectivity index (χ0n) is 21.2. The maximum Gasteiger partial charge on any atom is 0.220 e. The lowest BCUT2D eigenvalue weighted by Crippen LogP contribution is -2.33. The van der Waals surface area contributed by atoms with Crippen LogP contribution in [-0.4, -0.2) is 46.4 Å². The molecule has 2 aromatic carbocycles. The number of aromatic nitrogens is 2. The number of imidazole rings is 1. The lowest BCUT2D eigenvalue weighted by molar-refractivity contribution is -0.121. The number of nitrogens with zero attached hydrogens (tertiary/aromatic N) is 3. The Hall–Kier alpha value is -3.48. The number of aryl methyl sites for hydroxylation is 2. The van der Waals surface area contributed by atoms with Crippen LogP contribution in [0.25, 0.3) is 37.4 Å². The van der Waals surface area contributed by atoms with Crippen molar-refractivity contribution in [1.29, 1.82) is 0 Å². The first-order valence-corrected chi connectivity index (χ1v) is 14.0. The molecule has 0 spiro atoms. The van der Waals surface area contributed by atoms with Gasteiger partial charge in [-0.25, -0.2) is 4.98 Å². The SMILES string of the molecule is Cc1ccc(-c2nc3ccc(-c4cc5ccccc5s4)cn3c2CCC(=O)NCCN2CCCC2)cc1. The van der Waals surface area contributed by atoms with Gasteiger partial charge in [0.25, 0.3) is 0 Å². The van der Waals surface area contributed by atoms with Crippen molar-refractivity contribution in [2.45, 2.75) is 32.6 Å². The molecule has 0 radical (unpaired) electrons. The summed E-state index contributed by atoms with van der Waals surface area (Å²) in [4.78, 5) is 21.4. The minimum absolute atomic E-state index is 0.102. The van der Waals surface area contributed by atoms with Gasteiger partial charge in [-0.15, -0.1) is 11.3 Å². The maximum atomic E-state index is 12.8. The lowest BCUT2D eigenvalue weighted by atomic mass is 10.1. The van der Waals surface area contributed by atoms with Crippen LogP contribution in [0.5, 0.6) is 0 Å². The second-order valence-corrected chi connectivity index (χ2v) is 11.1. The van der Waals surface area contributed by atoms with Gasteiger partial charge in [-0.05, 0) is 68.9 Å². The van der Waals surface area contributed by atoms with Crippen LogP contribution in [0.1, 0.15) is 30.5 Å². The van der Waals surface area contributed by atoms with Gasteiger partial charge in [0.1, 0.15) is 5.65 Å². The van der Waals surface area contributed by atoms with Crippen molar-refractivity contribution in [2.75, 3.05) is 26.2 Å². The number of pyridine rings is 1. The van der Waals surface area contributed by atoms with E-state index < -0.39 is 0 Å². The van der Waals surface area contributed by atoms with E-state index in [2.05, 4.69) is 94.5 Å². The van der Waals surface area contributed by atoms with Crippen LogP contribution in [-0.2, 0) is 11.2 Å². The highest BCUT2D eigenvalue weighted by molar-refractivity contribution is 7.22. The van der Waals surface area contributed by atoms with E-state index >= 15 is 0 Å². The van der Waals surface area contributed by atoms with Crippen LogP contribution in [0.4, 0.5) is 0 Å². The van der Waals surface area contributed by atoms with Gasteiger partial charge in [-0.2, -0.15) is 0 Å². The fourth-order valence-corrected chi connectivity index (χ4v) is 6.28. The van der Waals surface area contributed by atoms with Gasteiger partial charge in [-0.1, -0.05) is 48.0 Å². The summed E-state index contributed by atoms with van der Waals surface area (Å²) >= 11 is 1.81. The third-order valence-corrected chi connectivity index (χ3v) is 8.46. The van der Waals surface area contributed by atoms with E-state index in [0.717, 1.165) is 47.8 Å². The molecule has 188 valence electrons. The van der Waals surface area contributed by atoms with E-state index in [1.807, 2.05) is 0 Å². The van der Waals surface area contributed by atoms with Crippen LogP contribution in [0.3, 0.4) is 0 Å². The fraction of sp³-hybridized carbons (Fsp3) is 0.290. The molecule has 1 N–H and O–H groups in total. The third kappa shape index (κ3) is 5.17. The van der Waals surface area contributed by atoms with E-state index in [9.17, 15) is 4.79 Å². The van der Waals surface area contributed by atoms with Gasteiger partial charge in [0, 0.05) is 46.4 Å². The zero-order chi connectivity index (χ0) is 25.2. The average molecular weight is 509 g/mol. The van der Waals surface area contributed by atoms with Crippen molar-refractivity contribution in [3.05, 3.63) is 84.2 Å². The number of likely N-dealkylation sites (tertiary alicyclic amines) is 1. The van der Waals surface area contributed by atoms with E-state index in [4.69, 9.17) is 4.98 Å². The first kappa shape index (κ1) is 23.9. The summed E-state index contributed by atoms with van der Waals surface area (Å²) in [6, 6.07) is 23.5. The second-order valence-electron chi connectivity index (χ2n) is 9.97. The number of carbonyl (C=O) groups is 1. The Morgan fingerprint density at radius 1 is 1.00 bits per heavy atom. The van der Waals surface area contributed by atoms with Crippen molar-refractivity contribution in [3.63, 3.8) is 0 Å². The molecule has 5 nitrogen and oxygen atoms in total. The Kier molecular flexibility index (Phi) is 6.77. The minimum Gasteiger partial charge on any atom is -0.355 e. The van der Waals surface area contributed by atoms with Crippen LogP contribution in [0, 0.1) is 6.92 Å². The highest BCUT2D eigenvalue weighted by Crippen LogP contribution is 2.34. The molecule has 1 aliphatic heterocycles. The number of hydrogen-bond acceptors (Lipinski definition) is 4. The van der Waals surface area contributed by atoms with Crippen molar-refractivity contribution in [2.24, 2.45) is 0 Å². The Morgan fingerprint density at radius 3 is 2.59 bits per heavy atom. The molecule has 0 atom stereocenters. The van der Waals surface area contributed by atoms with E-state index in [0.29, 0.717) is 19.4 Å². The number of benzene rings is 2. The molecule has 6 rings (SSSR count). The molecule has 0 unspecified atom stereocenters. The monoisotopic (exact) mass is 508 g/mol. The molecule has 1 saturated heterocycles. The van der Waals surface area contributed by atoms with Crippen LogP contribution in [0.2, 0.25) is 0 Å². The topological polar surface area (TPSA) is 49.6 Å². The molecule has 4 heterocycles. The van der Waals surface area contributed by atoms with Gasteiger partial charge < -0.3 is 14.6 Å². The quantitative estimate of drug-likeness (QED) is 0.266. The molecule has 0 aliphatic carbocycles. The van der Waals surface area contributed by atoms with E-state index in [1.165, 1.54) is 33.4 Å². The number of hydrogen-bond donors (Lipinski definition) is 1. The predicted molar refractivity (Wildman–Crippen MR) is 153 cm³/mol. The molecule has 3 aromatic heterocycles. The first-order chi connectivity index (χ1) is 18.1. The summed E-state index contributed by atoms with van der Waals surface area (Å²) in [5.41, 5.74) is 6.42. The summed E-state index contributed by atoms with van der Waals surface area (Å²) < 4.78 is 3.47. The molecule has 5 aromatic rings. The highest BCUT2D eigenvalue weighted by atomic mass is 32.1. The second kappa shape index (κ2) is 10.5. The molecule has 6 heteroatoms. The molecular formula is C31H32N4OS. The number of amides is 1. The summed E-state index contributed by atoms with van der Waals surface area (Å²) in [6.07, 6.45) is 5.81. The lowest BCUT2D eigenvalue weighted by Gasteiger charge is -2.14. The number of carbonyl (C=O) groups excluding carboxylic acids is 1. The van der Waals surface area contributed by atoms with Gasteiger partial charge >= 0.3 is 0 Å². The standard InChI is InChI=1S/C31H32N4OS/c1-22-8-10-23(11-9-22)31-26(13-15-30(36)32-16-19-34-17-4-5-18-34)35-21-25(12-14-29(35)33-31)28-20-24-6-2-3-7-27(24)37-28/h2-3,6-12,14,20-21H,4-5,13,15-19H2,1H3,(H,32,36). The van der Waals surface area contributed by atoms with E-state index in [-0.39, 0.29) is 5.91 Å². The van der Waals surface area contributed by atoms with Crippen molar-refractivity contribution >= 4 is 33.0 Å². The number of fused-ring (bicyclic) bond motifs is 2. The highest BCUT2D eigenvalue weighted by Gasteiger charge is 2.17. The number of rotatable bonds is 8. The van der Waals surface area contributed by atoms with Crippen molar-refractivity contribution in [3.8, 4) is 21.7 Å². The molecular weight excluding hydrogens is 476 g/mol. The van der Waals surface area contributed by atoms with Gasteiger partial charge in [0.05, 0.1) is 11.4 Å². The summed E-state index contributed by atoms with van der Waals surface area (Å²) in [7, 11) is 0. The summed E-state index contributed by atoms with van der Waals surface area (Å²) in [6.45, 7) is 6.05. The maximum absolute atomic E-state index is 12.8. The van der Waals surface area contributed by atoms with Crippen molar-refractivity contribution < 1.29 is 4.79 Å². The largest absolute Gasteiger partial charge is 0.355 e.